The Bertz CT molecular complexity index is 1750. The Balaban J connectivity index is 5.19. The molecule has 19 heteroatoms. The van der Waals surface area contributed by atoms with Gasteiger partial charge in [0.15, 0.2) is 12.2 Å². The Morgan fingerprint density at radius 2 is 0.505 bits per heavy atom. The van der Waals surface area contributed by atoms with Gasteiger partial charge in [0.05, 0.1) is 26.4 Å². The highest BCUT2D eigenvalue weighted by molar-refractivity contribution is 7.47. The number of unbranched alkanes of at least 4 members (excludes halogenated alkanes) is 44. The lowest BCUT2D eigenvalue weighted by Gasteiger charge is -2.21. The summed E-state index contributed by atoms with van der Waals surface area (Å²) in [6.45, 7) is 7.26. The average Bonchev–Trinajstić information content (AvgIpc) is 3.74. The molecule has 0 aromatic rings. The first-order chi connectivity index (χ1) is 44.0. The van der Waals surface area contributed by atoms with E-state index in [9.17, 15) is 43.2 Å². The molecule has 0 fully saturated rings. The molecule has 0 radical (unpaired) electrons. The first kappa shape index (κ1) is 89.1. The summed E-state index contributed by atoms with van der Waals surface area (Å²) in [6.07, 6.45) is 52.7. The van der Waals surface area contributed by atoms with Crippen LogP contribution in [0.4, 0.5) is 0 Å². The molecule has 0 spiro atoms. The molecule has 0 aliphatic rings. The largest absolute Gasteiger partial charge is 0.472 e. The van der Waals surface area contributed by atoms with Crippen LogP contribution in [0.3, 0.4) is 0 Å². The second-order valence-corrected chi connectivity index (χ2v) is 29.4. The van der Waals surface area contributed by atoms with Crippen molar-refractivity contribution >= 4 is 39.5 Å². The van der Waals surface area contributed by atoms with Crippen LogP contribution < -0.4 is 0 Å². The van der Waals surface area contributed by atoms with Gasteiger partial charge in [-0.25, -0.2) is 9.13 Å². The molecule has 0 amide bonds. The summed E-state index contributed by atoms with van der Waals surface area (Å²) in [5.74, 6) is -1.31. The van der Waals surface area contributed by atoms with Crippen molar-refractivity contribution in [3.8, 4) is 0 Å². The topological polar surface area (TPSA) is 237 Å². The lowest BCUT2D eigenvalue weighted by Crippen LogP contribution is -2.30. The lowest BCUT2D eigenvalue weighted by molar-refractivity contribution is -0.161. The molecule has 17 nitrogen and oxygen atoms in total. The van der Waals surface area contributed by atoms with Crippen LogP contribution in [0.2, 0.25) is 0 Å². The van der Waals surface area contributed by atoms with Gasteiger partial charge in [0.2, 0.25) is 0 Å². The van der Waals surface area contributed by atoms with Crippen molar-refractivity contribution in [2.24, 2.45) is 5.92 Å². The van der Waals surface area contributed by atoms with Crippen molar-refractivity contribution in [3.05, 3.63) is 0 Å². The second kappa shape index (κ2) is 65.4. The Morgan fingerprint density at radius 1 is 0.297 bits per heavy atom. The third-order valence-electron chi connectivity index (χ3n) is 16.8. The number of rotatable bonds is 72. The van der Waals surface area contributed by atoms with Gasteiger partial charge in [-0.3, -0.25) is 37.3 Å². The van der Waals surface area contributed by atoms with Crippen LogP contribution in [0.15, 0.2) is 0 Å². The van der Waals surface area contributed by atoms with E-state index in [0.717, 1.165) is 102 Å². The molecule has 0 aliphatic carbocycles. The molecule has 3 N–H and O–H groups in total. The van der Waals surface area contributed by atoms with Crippen LogP contribution in [-0.2, 0) is 65.4 Å². The fourth-order valence-electron chi connectivity index (χ4n) is 11.0. The van der Waals surface area contributed by atoms with Gasteiger partial charge in [-0.1, -0.05) is 324 Å². The Kier molecular flexibility index (Phi) is 64.0. The summed E-state index contributed by atoms with van der Waals surface area (Å²) < 4.78 is 68.3. The highest BCUT2D eigenvalue weighted by atomic mass is 31.2. The standard InChI is InChI=1S/C72H140O17P2/c1-6-9-12-15-18-21-23-24-30-33-37-41-46-51-56-70(75)83-62-68(89-72(77)58-53-48-43-38-34-31-28-26-25-27-29-32-35-39-44-49-54-65(4)5)64-87-91(80,81)85-60-66(73)59-84-90(78,79)86-63-67(61-82-69(74)55-50-45-40-20-17-14-11-8-3)88-71(76)57-52-47-42-36-22-19-16-13-10-7-2/h65-68,73H,6-64H2,1-5H3,(H,78,79)(H,80,81)/t66-,67+,68+/m0/s1. The zero-order valence-electron chi connectivity index (χ0n) is 59.0. The molecule has 0 bridgehead atoms. The van der Waals surface area contributed by atoms with Crippen molar-refractivity contribution in [3.63, 3.8) is 0 Å². The SMILES string of the molecule is CCCCCCCCCCCCCCCCC(=O)OC[C@H](COP(=O)(O)OC[C@@H](O)COP(=O)(O)OC[C@@H](COC(=O)CCCCCCCCCC)OC(=O)CCCCCCCCCCCC)OC(=O)CCCCCCCCCCCCCCCCCCC(C)C. The van der Waals surface area contributed by atoms with Gasteiger partial charge in [0.25, 0.3) is 0 Å². The molecule has 2 unspecified atom stereocenters. The van der Waals surface area contributed by atoms with E-state index in [1.165, 1.54) is 193 Å². The van der Waals surface area contributed by atoms with E-state index in [-0.39, 0.29) is 25.7 Å². The average molecular weight is 1340 g/mol. The smallest absolute Gasteiger partial charge is 0.462 e. The van der Waals surface area contributed by atoms with E-state index in [2.05, 4.69) is 34.6 Å². The zero-order chi connectivity index (χ0) is 67.0. The van der Waals surface area contributed by atoms with Crippen molar-refractivity contribution in [1.29, 1.82) is 0 Å². The van der Waals surface area contributed by atoms with E-state index in [1.807, 2.05) is 0 Å². The maximum atomic E-state index is 13.0. The predicted molar refractivity (Wildman–Crippen MR) is 368 cm³/mol. The van der Waals surface area contributed by atoms with Crippen molar-refractivity contribution in [1.82, 2.24) is 0 Å². The normalized spacial score (nSPS) is 14.0. The molecule has 0 rings (SSSR count). The summed E-state index contributed by atoms with van der Waals surface area (Å²) in [5, 5.41) is 10.6. The molecule has 0 saturated heterocycles. The number of hydrogen-bond acceptors (Lipinski definition) is 15. The van der Waals surface area contributed by atoms with Crippen molar-refractivity contribution in [2.45, 2.75) is 393 Å². The van der Waals surface area contributed by atoms with Gasteiger partial charge in [0, 0.05) is 25.7 Å². The summed E-state index contributed by atoms with van der Waals surface area (Å²) in [6, 6.07) is 0. The lowest BCUT2D eigenvalue weighted by atomic mass is 10.0. The molecule has 540 valence electrons. The zero-order valence-corrected chi connectivity index (χ0v) is 60.8. The maximum absolute atomic E-state index is 13.0. The van der Waals surface area contributed by atoms with Crippen LogP contribution in [0.1, 0.15) is 375 Å². The summed E-state index contributed by atoms with van der Waals surface area (Å²) in [5.41, 5.74) is 0. The van der Waals surface area contributed by atoms with E-state index in [0.29, 0.717) is 25.7 Å². The van der Waals surface area contributed by atoms with Crippen LogP contribution in [0, 0.1) is 5.92 Å². The number of phosphoric acid groups is 2. The molecule has 91 heavy (non-hydrogen) atoms. The quantitative estimate of drug-likeness (QED) is 0.0222. The van der Waals surface area contributed by atoms with Crippen molar-refractivity contribution in [2.75, 3.05) is 39.6 Å². The van der Waals surface area contributed by atoms with Crippen LogP contribution in [0.25, 0.3) is 0 Å². The second-order valence-electron chi connectivity index (χ2n) is 26.5. The fraction of sp³-hybridized carbons (Fsp3) is 0.944. The highest BCUT2D eigenvalue weighted by Gasteiger charge is 2.30. The first-order valence-corrected chi connectivity index (χ1v) is 40.6. The fourth-order valence-corrected chi connectivity index (χ4v) is 12.6. The molecular weight excluding hydrogens is 1200 g/mol. The summed E-state index contributed by atoms with van der Waals surface area (Å²) >= 11 is 0. The highest BCUT2D eigenvalue weighted by Crippen LogP contribution is 2.45. The van der Waals surface area contributed by atoms with E-state index < -0.39 is 97.5 Å². The van der Waals surface area contributed by atoms with Gasteiger partial charge in [-0.15, -0.1) is 0 Å². The number of carbonyl (C=O) groups excluding carboxylic acids is 4. The molecule has 0 aromatic heterocycles. The number of ether oxygens (including phenoxy) is 4. The Hall–Kier alpha value is -1.94. The molecule has 0 aliphatic heterocycles. The minimum absolute atomic E-state index is 0.107. The van der Waals surface area contributed by atoms with E-state index >= 15 is 0 Å². The molecule has 0 aromatic carbocycles. The number of esters is 4. The Morgan fingerprint density at radius 3 is 0.747 bits per heavy atom. The van der Waals surface area contributed by atoms with Gasteiger partial charge < -0.3 is 33.8 Å². The maximum Gasteiger partial charge on any atom is 0.472 e. The molecular formula is C72H140O17P2. The predicted octanol–water partition coefficient (Wildman–Crippen LogP) is 20.9. The number of carbonyl (C=O) groups is 4. The first-order valence-electron chi connectivity index (χ1n) is 37.6. The van der Waals surface area contributed by atoms with Gasteiger partial charge >= 0.3 is 39.5 Å². The summed E-state index contributed by atoms with van der Waals surface area (Å²) in [4.78, 5) is 72.5. The van der Waals surface area contributed by atoms with Crippen molar-refractivity contribution < 1.29 is 80.2 Å². The monoisotopic (exact) mass is 1340 g/mol. The molecule has 5 atom stereocenters. The van der Waals surface area contributed by atoms with E-state index in [1.54, 1.807) is 0 Å². The minimum Gasteiger partial charge on any atom is -0.462 e. The minimum atomic E-state index is -4.95. The van der Waals surface area contributed by atoms with Gasteiger partial charge in [-0.2, -0.15) is 0 Å². The summed E-state index contributed by atoms with van der Waals surface area (Å²) in [7, 11) is -9.90. The third-order valence-corrected chi connectivity index (χ3v) is 18.7. The van der Waals surface area contributed by atoms with E-state index in [4.69, 9.17) is 37.0 Å². The number of hydrogen-bond donors (Lipinski definition) is 3. The van der Waals surface area contributed by atoms with Crippen LogP contribution in [-0.4, -0.2) is 96.7 Å². The number of phosphoric ester groups is 2. The van der Waals surface area contributed by atoms with Crippen LogP contribution in [0.5, 0.6) is 0 Å². The third kappa shape index (κ3) is 66.5. The van der Waals surface area contributed by atoms with Crippen LogP contribution >= 0.6 is 15.6 Å². The van der Waals surface area contributed by atoms with Gasteiger partial charge in [-0.05, 0) is 31.6 Å². The Labute approximate surface area is 556 Å². The number of aliphatic hydroxyl groups is 1. The number of aliphatic hydroxyl groups excluding tert-OH is 1. The molecule has 0 saturated carbocycles. The van der Waals surface area contributed by atoms with Gasteiger partial charge in [0.1, 0.15) is 19.3 Å². The molecule has 0 heterocycles.